The number of nitrogens with zero attached hydrogens (tertiary/aromatic N) is 2. The summed E-state index contributed by atoms with van der Waals surface area (Å²) in [5, 5.41) is 0. The molecule has 1 N–H and O–H groups in total. The highest BCUT2D eigenvalue weighted by Crippen LogP contribution is 2.23. The molecule has 0 fully saturated rings. The molecule has 0 radical (unpaired) electrons. The summed E-state index contributed by atoms with van der Waals surface area (Å²) in [7, 11) is 0. The van der Waals surface area contributed by atoms with E-state index < -0.39 is 12.0 Å². The molecule has 0 spiro atoms. The van der Waals surface area contributed by atoms with Crippen LogP contribution in [0.2, 0.25) is 0 Å². The Morgan fingerprint density at radius 3 is 2.38 bits per heavy atom. The summed E-state index contributed by atoms with van der Waals surface area (Å²) in [6.07, 6.45) is 1.65. The molecule has 0 aliphatic heterocycles. The van der Waals surface area contributed by atoms with Crippen LogP contribution in [0.4, 0.5) is 0 Å². The number of Topliss-reactive ketones (excluding diaryl/α,β-unsaturated/α-hetero) is 1. The zero-order valence-electron chi connectivity index (χ0n) is 18.7. The van der Waals surface area contributed by atoms with Crippen molar-refractivity contribution in [3.63, 3.8) is 0 Å². The first kappa shape index (κ1) is 22.9. The Hall–Kier alpha value is -3.74. The average Bonchev–Trinajstić information content (AvgIpc) is 3.11. The van der Waals surface area contributed by atoms with Gasteiger partial charge in [0.15, 0.2) is 5.78 Å². The highest BCUT2D eigenvalue weighted by molar-refractivity contribution is 6.07. The molecule has 0 saturated heterocycles. The Kier molecular flexibility index (Phi) is 7.20. The minimum absolute atomic E-state index is 0.175. The molecule has 32 heavy (non-hydrogen) atoms. The lowest BCUT2D eigenvalue weighted by Crippen LogP contribution is -2.43. The van der Waals surface area contributed by atoms with Gasteiger partial charge in [0.05, 0.1) is 24.9 Å². The molecule has 1 aromatic carbocycles. The summed E-state index contributed by atoms with van der Waals surface area (Å²) in [6.45, 7) is 7.27. The number of ether oxygens (including phenoxy) is 1. The van der Waals surface area contributed by atoms with Crippen molar-refractivity contribution < 1.29 is 19.1 Å². The predicted molar refractivity (Wildman–Crippen MR) is 121 cm³/mol. The number of rotatable bonds is 8. The van der Waals surface area contributed by atoms with Crippen LogP contribution < -0.4 is 0 Å². The molecule has 0 aliphatic rings. The van der Waals surface area contributed by atoms with Gasteiger partial charge in [-0.2, -0.15) is 0 Å². The van der Waals surface area contributed by atoms with Crippen LogP contribution in [-0.4, -0.2) is 45.2 Å². The fourth-order valence-corrected chi connectivity index (χ4v) is 3.67. The summed E-state index contributed by atoms with van der Waals surface area (Å²) in [6, 6.07) is 13.5. The average molecular weight is 434 g/mol. The third-order valence-corrected chi connectivity index (χ3v) is 5.35. The van der Waals surface area contributed by atoms with Gasteiger partial charge in [0.2, 0.25) is 0 Å². The van der Waals surface area contributed by atoms with Gasteiger partial charge in [0.1, 0.15) is 5.69 Å². The number of nitrogens with one attached hydrogen (secondary N) is 1. The highest BCUT2D eigenvalue weighted by Gasteiger charge is 2.32. The van der Waals surface area contributed by atoms with Crippen molar-refractivity contribution in [2.75, 3.05) is 6.61 Å². The van der Waals surface area contributed by atoms with Crippen LogP contribution >= 0.6 is 0 Å². The van der Waals surface area contributed by atoms with Gasteiger partial charge < -0.3 is 14.6 Å². The van der Waals surface area contributed by atoms with Crippen molar-refractivity contribution in [3.8, 4) is 0 Å². The number of carbonyl (C=O) groups excluding carboxylic acids is 3. The smallest absolute Gasteiger partial charge is 0.355 e. The van der Waals surface area contributed by atoms with Gasteiger partial charge in [-0.15, -0.1) is 0 Å². The second-order valence-corrected chi connectivity index (χ2v) is 7.51. The molecule has 166 valence electrons. The van der Waals surface area contributed by atoms with Crippen molar-refractivity contribution >= 4 is 17.7 Å². The molecule has 0 unspecified atom stereocenters. The van der Waals surface area contributed by atoms with E-state index in [2.05, 4.69) is 9.97 Å². The largest absolute Gasteiger partial charge is 0.461 e. The monoisotopic (exact) mass is 433 g/mol. The Labute approximate surface area is 187 Å². The Bertz CT molecular complexity index is 1110. The minimum Gasteiger partial charge on any atom is -0.461 e. The number of aromatic amines is 1. The molecule has 0 saturated carbocycles. The van der Waals surface area contributed by atoms with Crippen molar-refractivity contribution in [1.82, 2.24) is 14.9 Å². The second kappa shape index (κ2) is 10.0. The number of aryl methyl sites for hydroxylation is 1. The molecule has 3 rings (SSSR count). The molecule has 1 amide bonds. The van der Waals surface area contributed by atoms with Crippen molar-refractivity contribution in [3.05, 3.63) is 88.5 Å². The number of aromatic nitrogens is 2. The topological polar surface area (TPSA) is 92.4 Å². The van der Waals surface area contributed by atoms with Crippen LogP contribution in [0.25, 0.3) is 0 Å². The standard InChI is InChI=1S/C25H27N3O4/c1-5-32-25(31)22-16(2)21(17(3)27-22)23(29)18(4)28(15-20-13-9-10-14-26-20)24(30)19-11-7-6-8-12-19/h6-14,18,27H,5,15H2,1-4H3/t18-/m1/s1. The molecule has 0 bridgehead atoms. The normalized spacial score (nSPS) is 11.6. The lowest BCUT2D eigenvalue weighted by atomic mass is 9.99. The number of amides is 1. The van der Waals surface area contributed by atoms with Gasteiger partial charge in [-0.25, -0.2) is 4.79 Å². The van der Waals surface area contributed by atoms with E-state index in [0.29, 0.717) is 28.1 Å². The van der Waals surface area contributed by atoms with E-state index >= 15 is 0 Å². The van der Waals surface area contributed by atoms with Crippen LogP contribution in [0.5, 0.6) is 0 Å². The maximum Gasteiger partial charge on any atom is 0.355 e. The summed E-state index contributed by atoms with van der Waals surface area (Å²) < 4.78 is 5.09. The predicted octanol–water partition coefficient (Wildman–Crippen LogP) is 4.12. The summed E-state index contributed by atoms with van der Waals surface area (Å²) in [5.74, 6) is -1.04. The number of carbonyl (C=O) groups is 3. The maximum absolute atomic E-state index is 13.6. The number of pyridine rings is 1. The number of hydrogen-bond donors (Lipinski definition) is 1. The summed E-state index contributed by atoms with van der Waals surface area (Å²) in [4.78, 5) is 48.0. The second-order valence-electron chi connectivity index (χ2n) is 7.51. The number of H-pyrrole nitrogens is 1. The van der Waals surface area contributed by atoms with Crippen LogP contribution in [-0.2, 0) is 11.3 Å². The fourth-order valence-electron chi connectivity index (χ4n) is 3.67. The molecular weight excluding hydrogens is 406 g/mol. The molecule has 1 atom stereocenters. The van der Waals surface area contributed by atoms with Crippen molar-refractivity contribution in [2.24, 2.45) is 0 Å². The van der Waals surface area contributed by atoms with Crippen LogP contribution in [0, 0.1) is 13.8 Å². The first-order chi connectivity index (χ1) is 15.3. The Balaban J connectivity index is 1.97. The van der Waals surface area contributed by atoms with Crippen LogP contribution in [0.1, 0.15) is 62.0 Å². The van der Waals surface area contributed by atoms with E-state index in [1.54, 1.807) is 64.2 Å². The molecule has 2 aromatic heterocycles. The fraction of sp³-hybridized carbons (Fsp3) is 0.280. The minimum atomic E-state index is -0.784. The molecule has 3 aromatic rings. The van der Waals surface area contributed by atoms with Gasteiger partial charge in [-0.1, -0.05) is 24.3 Å². The molecule has 7 nitrogen and oxygen atoms in total. The van der Waals surface area contributed by atoms with Crippen molar-refractivity contribution in [2.45, 2.75) is 40.3 Å². The van der Waals surface area contributed by atoms with E-state index in [4.69, 9.17) is 4.74 Å². The number of hydrogen-bond acceptors (Lipinski definition) is 5. The van der Waals surface area contributed by atoms with E-state index in [1.165, 1.54) is 4.90 Å². The van der Waals surface area contributed by atoms with Gasteiger partial charge in [-0.3, -0.25) is 14.6 Å². The van der Waals surface area contributed by atoms with Gasteiger partial charge in [-0.05, 0) is 57.5 Å². The van der Waals surface area contributed by atoms with Gasteiger partial charge in [0.25, 0.3) is 5.91 Å². The molecule has 2 heterocycles. The molecular formula is C25H27N3O4. The van der Waals surface area contributed by atoms with Gasteiger partial charge >= 0.3 is 5.97 Å². The van der Waals surface area contributed by atoms with Crippen LogP contribution in [0.15, 0.2) is 54.7 Å². The van der Waals surface area contributed by atoms with Crippen LogP contribution in [0.3, 0.4) is 0 Å². The number of ketones is 1. The van der Waals surface area contributed by atoms with E-state index in [0.717, 1.165) is 0 Å². The van der Waals surface area contributed by atoms with E-state index in [1.807, 2.05) is 18.2 Å². The van der Waals surface area contributed by atoms with Gasteiger partial charge in [0, 0.05) is 23.0 Å². The zero-order valence-corrected chi connectivity index (χ0v) is 18.7. The SMILES string of the molecule is CCOC(=O)c1[nH]c(C)c(C(=O)[C@@H](C)N(Cc2ccccn2)C(=O)c2ccccc2)c1C. The third kappa shape index (κ3) is 4.77. The lowest BCUT2D eigenvalue weighted by Gasteiger charge is -2.28. The quantitative estimate of drug-likeness (QED) is 0.426. The molecule has 7 heteroatoms. The highest BCUT2D eigenvalue weighted by atomic mass is 16.5. The summed E-state index contributed by atoms with van der Waals surface area (Å²) >= 11 is 0. The lowest BCUT2D eigenvalue weighted by molar-refractivity contribution is 0.0518. The zero-order chi connectivity index (χ0) is 23.3. The Morgan fingerprint density at radius 2 is 1.75 bits per heavy atom. The van der Waals surface area contributed by atoms with E-state index in [-0.39, 0.29) is 30.5 Å². The third-order valence-electron chi connectivity index (χ3n) is 5.35. The summed E-state index contributed by atoms with van der Waals surface area (Å²) in [5.41, 5.74) is 2.89. The number of esters is 1. The molecule has 0 aliphatic carbocycles. The van der Waals surface area contributed by atoms with E-state index in [9.17, 15) is 14.4 Å². The first-order valence-corrected chi connectivity index (χ1v) is 10.5. The Morgan fingerprint density at radius 1 is 1.06 bits per heavy atom. The maximum atomic E-state index is 13.6. The number of benzene rings is 1. The first-order valence-electron chi connectivity index (χ1n) is 10.5. The van der Waals surface area contributed by atoms with Crippen molar-refractivity contribution in [1.29, 1.82) is 0 Å².